The molecule has 1 heterocycles. The molecule has 0 saturated heterocycles. The molecular formula is C10H17NO3. The average molecular weight is 199 g/mol. The Labute approximate surface area is 83.7 Å². The van der Waals surface area contributed by atoms with Crippen molar-refractivity contribution < 1.29 is 14.3 Å². The van der Waals surface area contributed by atoms with Gasteiger partial charge in [0.15, 0.2) is 0 Å². The third-order valence-corrected chi connectivity index (χ3v) is 2.24. The smallest absolute Gasteiger partial charge is 0.116 e. The molecule has 1 atom stereocenters. The molecule has 0 amide bonds. The summed E-state index contributed by atoms with van der Waals surface area (Å²) in [4.78, 5) is 0. The van der Waals surface area contributed by atoms with Gasteiger partial charge in [-0.15, -0.1) is 0 Å². The third kappa shape index (κ3) is 2.57. The zero-order valence-electron chi connectivity index (χ0n) is 8.40. The van der Waals surface area contributed by atoms with Crippen molar-refractivity contribution in [3.63, 3.8) is 0 Å². The van der Waals surface area contributed by atoms with Crippen LogP contribution in [0.25, 0.3) is 0 Å². The normalized spacial score (nSPS) is 15.4. The molecule has 4 heteroatoms. The Balaban J connectivity index is 2.70. The van der Waals surface area contributed by atoms with Gasteiger partial charge in [0.1, 0.15) is 5.60 Å². The van der Waals surface area contributed by atoms with Crippen molar-refractivity contribution in [2.24, 2.45) is 5.73 Å². The van der Waals surface area contributed by atoms with E-state index in [-0.39, 0.29) is 6.61 Å². The Morgan fingerprint density at radius 2 is 2.43 bits per heavy atom. The first kappa shape index (κ1) is 11.2. The average Bonchev–Trinajstić information content (AvgIpc) is 2.68. The van der Waals surface area contributed by atoms with E-state index in [1.807, 2.05) is 0 Å². The summed E-state index contributed by atoms with van der Waals surface area (Å²) >= 11 is 0. The number of hydrogen-bond donors (Lipinski definition) is 2. The Hall–Kier alpha value is -0.840. The van der Waals surface area contributed by atoms with Gasteiger partial charge in [0.05, 0.1) is 19.1 Å². The SMILES string of the molecule is COCC(O)(CCCN)c1ccoc1. The zero-order chi connectivity index (χ0) is 10.4. The maximum atomic E-state index is 10.3. The van der Waals surface area contributed by atoms with Crippen LogP contribution in [0.5, 0.6) is 0 Å². The number of aliphatic hydroxyl groups is 1. The van der Waals surface area contributed by atoms with Gasteiger partial charge in [0.25, 0.3) is 0 Å². The Kier molecular flexibility index (Phi) is 4.13. The highest BCUT2D eigenvalue weighted by molar-refractivity contribution is 5.16. The van der Waals surface area contributed by atoms with Crippen LogP contribution in [-0.4, -0.2) is 25.4 Å². The summed E-state index contributed by atoms with van der Waals surface area (Å²) in [6, 6.07) is 1.75. The lowest BCUT2D eigenvalue weighted by atomic mass is 9.92. The predicted molar refractivity (Wildman–Crippen MR) is 52.8 cm³/mol. The summed E-state index contributed by atoms with van der Waals surface area (Å²) < 4.78 is 9.94. The van der Waals surface area contributed by atoms with Crippen molar-refractivity contribution in [3.05, 3.63) is 24.2 Å². The third-order valence-electron chi connectivity index (χ3n) is 2.24. The quantitative estimate of drug-likeness (QED) is 0.712. The molecule has 0 fully saturated rings. The highest BCUT2D eigenvalue weighted by Gasteiger charge is 2.29. The Bertz CT molecular complexity index is 248. The maximum absolute atomic E-state index is 10.3. The Morgan fingerprint density at radius 1 is 1.64 bits per heavy atom. The molecular weight excluding hydrogens is 182 g/mol. The van der Waals surface area contributed by atoms with Crippen LogP contribution >= 0.6 is 0 Å². The van der Waals surface area contributed by atoms with Gasteiger partial charge < -0.3 is 20.0 Å². The van der Waals surface area contributed by atoms with E-state index in [2.05, 4.69) is 0 Å². The highest BCUT2D eigenvalue weighted by Crippen LogP contribution is 2.26. The second kappa shape index (κ2) is 5.14. The van der Waals surface area contributed by atoms with Crippen LogP contribution in [-0.2, 0) is 10.3 Å². The van der Waals surface area contributed by atoms with E-state index < -0.39 is 5.60 Å². The fourth-order valence-corrected chi connectivity index (χ4v) is 1.46. The van der Waals surface area contributed by atoms with Crippen molar-refractivity contribution in [2.75, 3.05) is 20.3 Å². The van der Waals surface area contributed by atoms with Gasteiger partial charge in [-0.3, -0.25) is 0 Å². The van der Waals surface area contributed by atoms with E-state index in [1.165, 1.54) is 6.26 Å². The van der Waals surface area contributed by atoms with E-state index in [0.29, 0.717) is 13.0 Å². The van der Waals surface area contributed by atoms with Gasteiger partial charge in [-0.25, -0.2) is 0 Å². The molecule has 0 bridgehead atoms. The number of ether oxygens (including phenoxy) is 1. The first-order chi connectivity index (χ1) is 6.73. The van der Waals surface area contributed by atoms with Crippen LogP contribution in [0.15, 0.2) is 23.0 Å². The molecule has 1 rings (SSSR count). The van der Waals surface area contributed by atoms with Crippen LogP contribution in [0.4, 0.5) is 0 Å². The number of hydrogen-bond acceptors (Lipinski definition) is 4. The molecule has 0 aliphatic heterocycles. The van der Waals surface area contributed by atoms with Crippen LogP contribution in [0, 0.1) is 0 Å². The summed E-state index contributed by atoms with van der Waals surface area (Å²) in [5.74, 6) is 0. The molecule has 0 spiro atoms. The van der Waals surface area contributed by atoms with Crippen molar-refractivity contribution in [1.82, 2.24) is 0 Å². The number of furan rings is 1. The summed E-state index contributed by atoms with van der Waals surface area (Å²) in [7, 11) is 1.56. The van der Waals surface area contributed by atoms with Gasteiger partial charge in [-0.05, 0) is 25.5 Å². The number of methoxy groups -OCH3 is 1. The van der Waals surface area contributed by atoms with Gasteiger partial charge in [0.2, 0.25) is 0 Å². The van der Waals surface area contributed by atoms with Gasteiger partial charge in [-0.1, -0.05) is 0 Å². The van der Waals surface area contributed by atoms with Crippen molar-refractivity contribution in [1.29, 1.82) is 0 Å². The van der Waals surface area contributed by atoms with E-state index in [0.717, 1.165) is 12.0 Å². The van der Waals surface area contributed by atoms with E-state index in [9.17, 15) is 5.11 Å². The first-order valence-corrected chi connectivity index (χ1v) is 4.67. The lowest BCUT2D eigenvalue weighted by Crippen LogP contribution is -2.31. The van der Waals surface area contributed by atoms with Crippen molar-refractivity contribution >= 4 is 0 Å². The second-order valence-electron chi connectivity index (χ2n) is 3.37. The molecule has 14 heavy (non-hydrogen) atoms. The van der Waals surface area contributed by atoms with Gasteiger partial charge in [-0.2, -0.15) is 0 Å². The minimum atomic E-state index is -0.971. The van der Waals surface area contributed by atoms with Crippen LogP contribution in [0.3, 0.4) is 0 Å². The second-order valence-corrected chi connectivity index (χ2v) is 3.37. The van der Waals surface area contributed by atoms with Crippen molar-refractivity contribution in [3.8, 4) is 0 Å². The minimum absolute atomic E-state index is 0.256. The molecule has 0 radical (unpaired) electrons. The van der Waals surface area contributed by atoms with Gasteiger partial charge in [0, 0.05) is 12.7 Å². The molecule has 4 nitrogen and oxygen atoms in total. The lowest BCUT2D eigenvalue weighted by Gasteiger charge is -2.25. The monoisotopic (exact) mass is 199 g/mol. The number of rotatable bonds is 6. The highest BCUT2D eigenvalue weighted by atomic mass is 16.5. The fourth-order valence-electron chi connectivity index (χ4n) is 1.46. The van der Waals surface area contributed by atoms with Crippen LogP contribution in [0.1, 0.15) is 18.4 Å². The first-order valence-electron chi connectivity index (χ1n) is 4.67. The topological polar surface area (TPSA) is 68.6 Å². The van der Waals surface area contributed by atoms with Crippen LogP contribution in [0.2, 0.25) is 0 Å². The summed E-state index contributed by atoms with van der Waals surface area (Å²) in [6.07, 6.45) is 4.41. The van der Waals surface area contributed by atoms with Crippen LogP contribution < -0.4 is 5.73 Å². The molecule has 3 N–H and O–H groups in total. The maximum Gasteiger partial charge on any atom is 0.116 e. The lowest BCUT2D eigenvalue weighted by molar-refractivity contribution is -0.0433. The zero-order valence-corrected chi connectivity index (χ0v) is 8.40. The Morgan fingerprint density at radius 3 is 2.93 bits per heavy atom. The van der Waals surface area contributed by atoms with E-state index >= 15 is 0 Å². The standard InChI is InChI=1S/C10H17NO3/c1-13-8-10(12,4-2-5-11)9-3-6-14-7-9/h3,6-7,12H,2,4-5,8,11H2,1H3. The van der Waals surface area contributed by atoms with Gasteiger partial charge >= 0.3 is 0 Å². The fraction of sp³-hybridized carbons (Fsp3) is 0.600. The minimum Gasteiger partial charge on any atom is -0.472 e. The van der Waals surface area contributed by atoms with E-state index in [4.69, 9.17) is 14.9 Å². The van der Waals surface area contributed by atoms with E-state index in [1.54, 1.807) is 19.4 Å². The largest absolute Gasteiger partial charge is 0.472 e. The molecule has 1 aromatic rings. The summed E-state index contributed by atoms with van der Waals surface area (Å²) in [5.41, 5.74) is 5.18. The summed E-state index contributed by atoms with van der Waals surface area (Å²) in [6.45, 7) is 0.816. The molecule has 0 saturated carbocycles. The molecule has 0 aliphatic rings. The molecule has 0 aliphatic carbocycles. The van der Waals surface area contributed by atoms with Crippen molar-refractivity contribution in [2.45, 2.75) is 18.4 Å². The number of nitrogens with two attached hydrogens (primary N) is 1. The summed E-state index contributed by atoms with van der Waals surface area (Å²) in [5, 5.41) is 10.3. The molecule has 0 aromatic carbocycles. The molecule has 80 valence electrons. The predicted octanol–water partition coefficient (Wildman–Crippen LogP) is 0.852. The molecule has 1 aromatic heterocycles. The molecule has 1 unspecified atom stereocenters.